The Hall–Kier alpha value is -2.55. The van der Waals surface area contributed by atoms with Crippen molar-refractivity contribution in [1.29, 1.82) is 0 Å². The van der Waals surface area contributed by atoms with Crippen molar-refractivity contribution < 1.29 is 0 Å². The van der Waals surface area contributed by atoms with E-state index in [-0.39, 0.29) is 5.92 Å². The van der Waals surface area contributed by atoms with E-state index in [4.69, 9.17) is 5.10 Å². The van der Waals surface area contributed by atoms with Crippen LogP contribution in [0.25, 0.3) is 26.9 Å². The van der Waals surface area contributed by atoms with Crippen LogP contribution in [0.5, 0.6) is 0 Å². The van der Waals surface area contributed by atoms with Gasteiger partial charge in [0, 0.05) is 23.2 Å². The molecule has 27 heavy (non-hydrogen) atoms. The summed E-state index contributed by atoms with van der Waals surface area (Å²) in [6, 6.07) is 2.41. The smallest absolute Gasteiger partial charge is 0.235 e. The molecule has 0 aliphatic rings. The molecule has 9 heteroatoms. The first kappa shape index (κ1) is 17.8. The molecular weight excluding hydrogens is 360 g/mol. The average molecular weight is 385 g/mol. The maximum Gasteiger partial charge on any atom is 0.235 e. The van der Waals surface area contributed by atoms with Gasteiger partial charge >= 0.3 is 0 Å². The number of nitrogens with one attached hydrogen (secondary N) is 1. The third kappa shape index (κ3) is 2.86. The van der Waals surface area contributed by atoms with Gasteiger partial charge < -0.3 is 0 Å². The van der Waals surface area contributed by atoms with Crippen LogP contribution in [0, 0.1) is 13.8 Å². The van der Waals surface area contributed by atoms with Crippen molar-refractivity contribution in [3.05, 3.63) is 23.3 Å². The highest BCUT2D eigenvalue weighted by Crippen LogP contribution is 2.32. The van der Waals surface area contributed by atoms with E-state index in [1.165, 1.54) is 11.3 Å². The predicted molar refractivity (Wildman–Crippen MR) is 106 cm³/mol. The standard InChI is InChI=1S/C18H24N8S/c1-7-10(4)25-12(6)15(11(5)23-25)13-8-14(20-19-13)17-24-26-16(9(2)3)21-22-18(26)27-17/h8-10H,7H2,1-6H3,(H,19,20)/t10-/m1/s1. The van der Waals surface area contributed by atoms with Gasteiger partial charge in [0.05, 0.1) is 17.1 Å². The van der Waals surface area contributed by atoms with Crippen LogP contribution in [0.15, 0.2) is 6.07 Å². The lowest BCUT2D eigenvalue weighted by molar-refractivity contribution is 0.465. The number of aromatic amines is 1. The molecular formula is C18H24N8S. The lowest BCUT2D eigenvalue weighted by Crippen LogP contribution is -2.07. The molecule has 8 nitrogen and oxygen atoms in total. The molecule has 142 valence electrons. The van der Waals surface area contributed by atoms with Gasteiger partial charge in [-0.2, -0.15) is 19.8 Å². The molecule has 0 aliphatic heterocycles. The average Bonchev–Trinajstić information content (AvgIpc) is 3.36. The fraction of sp³-hybridized carbons (Fsp3) is 0.500. The molecule has 0 unspecified atom stereocenters. The van der Waals surface area contributed by atoms with Crippen LogP contribution in [0.2, 0.25) is 0 Å². The van der Waals surface area contributed by atoms with E-state index in [1.54, 1.807) is 0 Å². The minimum absolute atomic E-state index is 0.268. The second kappa shape index (κ2) is 6.56. The van der Waals surface area contributed by atoms with Crippen LogP contribution in [-0.4, -0.2) is 39.8 Å². The van der Waals surface area contributed by atoms with Crippen molar-refractivity contribution in [2.45, 2.75) is 59.9 Å². The van der Waals surface area contributed by atoms with Gasteiger partial charge in [-0.3, -0.25) is 9.78 Å². The van der Waals surface area contributed by atoms with Crippen LogP contribution in [-0.2, 0) is 0 Å². The highest BCUT2D eigenvalue weighted by molar-refractivity contribution is 7.19. The summed E-state index contributed by atoms with van der Waals surface area (Å²) in [5.41, 5.74) is 4.99. The van der Waals surface area contributed by atoms with E-state index >= 15 is 0 Å². The van der Waals surface area contributed by atoms with Gasteiger partial charge in [0.25, 0.3) is 0 Å². The van der Waals surface area contributed by atoms with E-state index < -0.39 is 0 Å². The molecule has 4 aromatic rings. The van der Waals surface area contributed by atoms with Crippen molar-refractivity contribution >= 4 is 16.3 Å². The van der Waals surface area contributed by atoms with Crippen molar-refractivity contribution in [2.24, 2.45) is 0 Å². The number of rotatable bonds is 5. The van der Waals surface area contributed by atoms with E-state index in [1.807, 2.05) is 17.5 Å². The molecule has 0 amide bonds. The van der Waals surface area contributed by atoms with Gasteiger partial charge in [-0.1, -0.05) is 32.1 Å². The van der Waals surface area contributed by atoms with E-state index in [0.717, 1.165) is 50.6 Å². The fourth-order valence-electron chi connectivity index (χ4n) is 3.30. The Kier molecular flexibility index (Phi) is 4.33. The van der Waals surface area contributed by atoms with E-state index in [2.05, 4.69) is 64.8 Å². The quantitative estimate of drug-likeness (QED) is 0.558. The molecule has 0 fully saturated rings. The summed E-state index contributed by atoms with van der Waals surface area (Å²) in [6.07, 6.45) is 1.04. The molecule has 1 atom stereocenters. The zero-order chi connectivity index (χ0) is 19.3. The Morgan fingerprint density at radius 2 is 1.93 bits per heavy atom. The van der Waals surface area contributed by atoms with Crippen molar-refractivity contribution in [3.63, 3.8) is 0 Å². The first-order valence-electron chi connectivity index (χ1n) is 9.24. The topological polar surface area (TPSA) is 89.6 Å². The molecule has 1 N–H and O–H groups in total. The molecule has 4 rings (SSSR count). The summed E-state index contributed by atoms with van der Waals surface area (Å²) in [5.74, 6) is 1.14. The van der Waals surface area contributed by atoms with Crippen LogP contribution in [0.1, 0.15) is 63.3 Å². The Balaban J connectivity index is 1.73. The van der Waals surface area contributed by atoms with Gasteiger partial charge in [0.2, 0.25) is 4.96 Å². The minimum atomic E-state index is 0.268. The lowest BCUT2D eigenvalue weighted by atomic mass is 10.1. The van der Waals surface area contributed by atoms with Gasteiger partial charge in [-0.05, 0) is 33.3 Å². The fourth-order valence-corrected chi connectivity index (χ4v) is 4.11. The second-order valence-electron chi connectivity index (χ2n) is 7.23. The molecule has 4 heterocycles. The minimum Gasteiger partial charge on any atom is -0.275 e. The lowest BCUT2D eigenvalue weighted by Gasteiger charge is -2.11. The maximum absolute atomic E-state index is 4.72. The summed E-state index contributed by atoms with van der Waals surface area (Å²) in [4.78, 5) is 0.793. The Morgan fingerprint density at radius 1 is 1.15 bits per heavy atom. The molecule has 0 bridgehead atoms. The third-order valence-corrected chi connectivity index (χ3v) is 5.86. The molecule has 4 aromatic heterocycles. The van der Waals surface area contributed by atoms with Gasteiger partial charge in [0.1, 0.15) is 0 Å². The first-order valence-corrected chi connectivity index (χ1v) is 10.1. The summed E-state index contributed by atoms with van der Waals surface area (Å²) < 4.78 is 3.92. The number of fused-ring (bicyclic) bond motifs is 1. The monoisotopic (exact) mass is 384 g/mol. The van der Waals surface area contributed by atoms with E-state index in [0.29, 0.717) is 6.04 Å². The normalized spacial score (nSPS) is 13.1. The molecule has 0 aliphatic carbocycles. The van der Waals surface area contributed by atoms with Crippen LogP contribution in [0.3, 0.4) is 0 Å². The van der Waals surface area contributed by atoms with Crippen molar-refractivity contribution in [3.8, 4) is 22.0 Å². The molecule has 0 saturated heterocycles. The highest BCUT2D eigenvalue weighted by Gasteiger charge is 2.20. The van der Waals surface area contributed by atoms with Gasteiger partial charge in [-0.15, -0.1) is 10.2 Å². The summed E-state index contributed by atoms with van der Waals surface area (Å²) >= 11 is 1.51. The Morgan fingerprint density at radius 3 is 2.63 bits per heavy atom. The number of nitrogens with zero attached hydrogens (tertiary/aromatic N) is 7. The molecule has 0 aromatic carbocycles. The van der Waals surface area contributed by atoms with Crippen LogP contribution < -0.4 is 0 Å². The maximum atomic E-state index is 4.72. The van der Waals surface area contributed by atoms with Crippen molar-refractivity contribution in [1.82, 2.24) is 39.8 Å². The molecule has 0 radical (unpaired) electrons. The van der Waals surface area contributed by atoms with Crippen molar-refractivity contribution in [2.75, 3.05) is 0 Å². The zero-order valence-corrected chi connectivity index (χ0v) is 17.3. The number of hydrogen-bond donors (Lipinski definition) is 1. The number of aromatic nitrogens is 8. The zero-order valence-electron chi connectivity index (χ0n) is 16.5. The summed E-state index contributed by atoms with van der Waals surface area (Å²) in [5, 5.41) is 26.4. The number of aryl methyl sites for hydroxylation is 1. The van der Waals surface area contributed by atoms with Crippen LogP contribution >= 0.6 is 11.3 Å². The molecule has 0 spiro atoms. The van der Waals surface area contributed by atoms with Gasteiger partial charge in [0.15, 0.2) is 10.8 Å². The third-order valence-electron chi connectivity index (χ3n) is 4.93. The van der Waals surface area contributed by atoms with Gasteiger partial charge in [-0.25, -0.2) is 0 Å². The predicted octanol–water partition coefficient (Wildman–Crippen LogP) is 4.15. The Labute approximate surface area is 161 Å². The van der Waals surface area contributed by atoms with Crippen LogP contribution in [0.4, 0.5) is 0 Å². The largest absolute Gasteiger partial charge is 0.275 e. The Bertz CT molecular complexity index is 1100. The number of H-pyrrole nitrogens is 1. The number of hydrogen-bond acceptors (Lipinski definition) is 6. The van der Waals surface area contributed by atoms with E-state index in [9.17, 15) is 0 Å². The SMILES string of the molecule is CC[C@@H](C)n1nc(C)c(-c2cc(-c3nn4c(C(C)C)nnc4s3)[nH]n2)c1C. The first-order chi connectivity index (χ1) is 12.9. The second-order valence-corrected chi connectivity index (χ2v) is 8.18. The highest BCUT2D eigenvalue weighted by atomic mass is 32.1. The summed E-state index contributed by atoms with van der Waals surface area (Å²) in [6.45, 7) is 12.7. The summed E-state index contributed by atoms with van der Waals surface area (Å²) in [7, 11) is 0. The molecule has 0 saturated carbocycles.